The lowest BCUT2D eigenvalue weighted by Crippen LogP contribution is -2.14. The van der Waals surface area contributed by atoms with Crippen molar-refractivity contribution in [1.82, 2.24) is 15.0 Å². The highest BCUT2D eigenvalue weighted by molar-refractivity contribution is 6.12. The van der Waals surface area contributed by atoms with Crippen molar-refractivity contribution >= 4 is 28.4 Å². The molecule has 0 aliphatic rings. The van der Waals surface area contributed by atoms with Gasteiger partial charge in [0.05, 0.1) is 17.6 Å². The van der Waals surface area contributed by atoms with Gasteiger partial charge in [-0.2, -0.15) is 18.2 Å². The Balaban J connectivity index is 1.59. The second-order valence-corrected chi connectivity index (χ2v) is 6.97. The Labute approximate surface area is 184 Å². The van der Waals surface area contributed by atoms with Gasteiger partial charge in [-0.25, -0.2) is 9.97 Å². The molecule has 1 amide bonds. The summed E-state index contributed by atoms with van der Waals surface area (Å²) in [5.41, 5.74) is 5.94. The molecule has 0 aliphatic carbocycles. The van der Waals surface area contributed by atoms with Crippen LogP contribution in [0.4, 0.5) is 24.8 Å². The summed E-state index contributed by atoms with van der Waals surface area (Å²) in [7, 11) is 0. The number of hydrogen-bond acceptors (Lipinski definition) is 7. The van der Waals surface area contributed by atoms with Crippen LogP contribution in [-0.2, 0) is 6.42 Å². The normalized spacial score (nSPS) is 11.4. The van der Waals surface area contributed by atoms with E-state index in [0.29, 0.717) is 10.9 Å². The van der Waals surface area contributed by atoms with E-state index in [2.05, 4.69) is 20.3 Å². The number of ether oxygens (including phenoxy) is 1. The number of halogens is 3. The molecule has 0 spiro atoms. The number of hydrogen-bond donors (Lipinski definition) is 3. The summed E-state index contributed by atoms with van der Waals surface area (Å²) in [6, 6.07) is 12.8. The first-order valence-electron chi connectivity index (χ1n) is 9.54. The molecule has 4 aromatic rings. The Morgan fingerprint density at radius 1 is 1.06 bits per heavy atom. The number of benzene rings is 2. The summed E-state index contributed by atoms with van der Waals surface area (Å²) in [4.78, 5) is 24.9. The molecule has 0 atom stereocenters. The molecule has 0 bridgehead atoms. The Kier molecular flexibility index (Phi) is 5.69. The molecule has 168 valence electrons. The number of nitrogen functional groups attached to an aromatic ring is 1. The number of fused-ring (bicyclic) bond motifs is 1. The summed E-state index contributed by atoms with van der Waals surface area (Å²) in [6.07, 6.45) is -4.17. The zero-order chi connectivity index (χ0) is 23.6. The van der Waals surface area contributed by atoms with Gasteiger partial charge in [0.1, 0.15) is 5.75 Å². The number of pyridine rings is 1. The molecule has 8 nitrogen and oxygen atoms in total. The van der Waals surface area contributed by atoms with Crippen LogP contribution >= 0.6 is 0 Å². The molecule has 4 rings (SSSR count). The van der Waals surface area contributed by atoms with Gasteiger partial charge < -0.3 is 20.9 Å². The number of carbonyl (C=O) groups excluding carboxylic acids is 1. The van der Waals surface area contributed by atoms with E-state index in [0.717, 1.165) is 18.2 Å². The molecular formula is C22H16F3N5O3. The number of nitrogens with zero attached hydrogens (tertiary/aromatic N) is 3. The first-order chi connectivity index (χ1) is 15.7. The molecule has 0 radical (unpaired) electrons. The topological polar surface area (TPSA) is 123 Å². The minimum atomic E-state index is -4.42. The number of nitrogens with one attached hydrogen (secondary N) is 1. The fraction of sp³-hybridized carbons (Fsp3) is 0.0909. The van der Waals surface area contributed by atoms with Crippen molar-refractivity contribution in [3.63, 3.8) is 0 Å². The molecule has 2 aromatic carbocycles. The molecule has 0 aliphatic heterocycles. The van der Waals surface area contributed by atoms with Crippen LogP contribution in [0.3, 0.4) is 0 Å². The third kappa shape index (κ3) is 5.26. The maximum Gasteiger partial charge on any atom is 0.393 e. The van der Waals surface area contributed by atoms with Crippen molar-refractivity contribution in [2.75, 3.05) is 11.1 Å². The summed E-state index contributed by atoms with van der Waals surface area (Å²) >= 11 is 0. The Morgan fingerprint density at radius 2 is 1.85 bits per heavy atom. The fourth-order valence-corrected chi connectivity index (χ4v) is 3.13. The quantitative estimate of drug-likeness (QED) is 0.380. The largest absolute Gasteiger partial charge is 0.506 e. The van der Waals surface area contributed by atoms with Gasteiger partial charge >= 0.3 is 6.18 Å². The molecule has 0 fully saturated rings. The van der Waals surface area contributed by atoms with Gasteiger partial charge in [0.25, 0.3) is 5.91 Å². The third-order valence-corrected chi connectivity index (χ3v) is 4.52. The van der Waals surface area contributed by atoms with Crippen molar-refractivity contribution in [1.29, 1.82) is 0 Å². The van der Waals surface area contributed by atoms with Gasteiger partial charge in [-0.05, 0) is 35.9 Å². The van der Waals surface area contributed by atoms with Gasteiger partial charge in [0, 0.05) is 29.3 Å². The summed E-state index contributed by atoms with van der Waals surface area (Å²) in [5, 5.41) is 12.9. The minimum absolute atomic E-state index is 0.0369. The van der Waals surface area contributed by atoms with E-state index in [1.54, 1.807) is 18.2 Å². The Hall–Kier alpha value is -4.41. The Morgan fingerprint density at radius 3 is 2.61 bits per heavy atom. The maximum absolute atomic E-state index is 12.9. The first kappa shape index (κ1) is 21.8. The van der Waals surface area contributed by atoms with Crippen LogP contribution < -0.4 is 15.8 Å². The highest BCUT2D eigenvalue weighted by atomic mass is 19.4. The lowest BCUT2D eigenvalue weighted by atomic mass is 10.1. The highest BCUT2D eigenvalue weighted by Gasteiger charge is 2.28. The number of carbonyl (C=O) groups is 1. The van der Waals surface area contributed by atoms with Crippen molar-refractivity contribution in [3.05, 3.63) is 71.9 Å². The second-order valence-electron chi connectivity index (χ2n) is 6.97. The molecule has 4 N–H and O–H groups in total. The van der Waals surface area contributed by atoms with Crippen LogP contribution in [-0.4, -0.2) is 32.1 Å². The van der Waals surface area contributed by atoms with Crippen LogP contribution in [0.1, 0.15) is 15.9 Å². The highest BCUT2D eigenvalue weighted by Crippen LogP contribution is 2.30. The third-order valence-electron chi connectivity index (χ3n) is 4.52. The van der Waals surface area contributed by atoms with Crippen molar-refractivity contribution in [2.24, 2.45) is 0 Å². The second kappa shape index (κ2) is 8.61. The van der Waals surface area contributed by atoms with E-state index < -0.39 is 18.5 Å². The van der Waals surface area contributed by atoms with Gasteiger partial charge in [-0.1, -0.05) is 12.1 Å². The average molecular weight is 455 g/mol. The Bertz CT molecular complexity index is 1340. The number of alkyl halides is 3. The van der Waals surface area contributed by atoms with E-state index in [9.17, 15) is 23.1 Å². The molecule has 33 heavy (non-hydrogen) atoms. The number of nitrogens with two attached hydrogens (primary N) is 1. The predicted octanol–water partition coefficient (Wildman–Crippen LogP) is 4.46. The van der Waals surface area contributed by atoms with Crippen LogP contribution in [0.2, 0.25) is 0 Å². The van der Waals surface area contributed by atoms with Gasteiger partial charge in [0.2, 0.25) is 17.7 Å². The zero-order valence-electron chi connectivity index (χ0n) is 16.8. The number of aromatic hydroxyl groups is 1. The summed E-state index contributed by atoms with van der Waals surface area (Å²) < 4.78 is 43.6. The predicted molar refractivity (Wildman–Crippen MR) is 114 cm³/mol. The summed E-state index contributed by atoms with van der Waals surface area (Å²) in [6.45, 7) is 0. The van der Waals surface area contributed by atoms with E-state index in [1.807, 2.05) is 0 Å². The maximum atomic E-state index is 12.9. The average Bonchev–Trinajstić information content (AvgIpc) is 2.74. The molecule has 2 aromatic heterocycles. The van der Waals surface area contributed by atoms with Crippen molar-refractivity contribution in [3.8, 4) is 17.5 Å². The summed E-state index contributed by atoms with van der Waals surface area (Å²) in [5.74, 6) is -0.547. The van der Waals surface area contributed by atoms with Crippen LogP contribution in [0.15, 0.2) is 60.8 Å². The molecular weight excluding hydrogens is 439 g/mol. The molecule has 11 heteroatoms. The van der Waals surface area contributed by atoms with Gasteiger partial charge in [-0.15, -0.1) is 0 Å². The number of aromatic nitrogens is 3. The van der Waals surface area contributed by atoms with Crippen LogP contribution in [0.25, 0.3) is 10.9 Å². The van der Waals surface area contributed by atoms with E-state index in [4.69, 9.17) is 10.5 Å². The molecule has 0 saturated heterocycles. The number of rotatable bonds is 5. The number of anilines is 2. The van der Waals surface area contributed by atoms with Gasteiger partial charge in [0.15, 0.2) is 0 Å². The molecule has 0 saturated carbocycles. The lowest BCUT2D eigenvalue weighted by molar-refractivity contribution is -0.127. The number of phenols is 1. The van der Waals surface area contributed by atoms with E-state index in [-0.39, 0.29) is 40.3 Å². The fourth-order valence-electron chi connectivity index (χ4n) is 3.13. The number of amides is 1. The van der Waals surface area contributed by atoms with E-state index in [1.165, 1.54) is 24.4 Å². The lowest BCUT2D eigenvalue weighted by Gasteiger charge is -2.12. The van der Waals surface area contributed by atoms with Crippen molar-refractivity contribution < 1.29 is 27.8 Å². The van der Waals surface area contributed by atoms with E-state index >= 15 is 0 Å². The SMILES string of the molecule is Nc1nccc(Oc2ccc3c(C(=O)Nc4cc(CC(F)(F)F)ccc4O)cccc3n2)n1. The number of phenolic OH excluding ortho intramolecular Hbond substituents is 1. The smallest absolute Gasteiger partial charge is 0.393 e. The van der Waals surface area contributed by atoms with Crippen LogP contribution in [0, 0.1) is 0 Å². The minimum Gasteiger partial charge on any atom is -0.506 e. The monoisotopic (exact) mass is 455 g/mol. The standard InChI is InChI=1S/C22H16F3N5O3/c23-22(24,25)11-12-4-6-17(31)16(10-12)29-20(32)14-2-1-3-15-13(14)5-7-18(28-15)33-19-8-9-27-21(26)30-19/h1-10,31H,11H2,(H,29,32)(H2,26,27,30). The van der Waals surface area contributed by atoms with Gasteiger partial charge in [-0.3, -0.25) is 4.79 Å². The van der Waals surface area contributed by atoms with Crippen molar-refractivity contribution in [2.45, 2.75) is 12.6 Å². The zero-order valence-corrected chi connectivity index (χ0v) is 16.8. The molecule has 0 unspecified atom stereocenters. The molecule has 2 heterocycles. The first-order valence-corrected chi connectivity index (χ1v) is 9.54. The van der Waals surface area contributed by atoms with Crippen LogP contribution in [0.5, 0.6) is 17.5 Å².